The third-order valence-electron chi connectivity index (χ3n) is 9.22. The lowest BCUT2D eigenvalue weighted by Crippen LogP contribution is -2.30. The maximum absolute atomic E-state index is 12.6. The Labute approximate surface area is 298 Å². The van der Waals surface area contributed by atoms with E-state index < -0.39 is 6.10 Å². The van der Waals surface area contributed by atoms with Gasteiger partial charge in [0.25, 0.3) is 0 Å². The predicted molar refractivity (Wildman–Crippen MR) is 201 cm³/mol. The molecular formula is C42H80O6. The van der Waals surface area contributed by atoms with Gasteiger partial charge in [0, 0.05) is 19.3 Å². The summed E-state index contributed by atoms with van der Waals surface area (Å²) in [7, 11) is 0. The monoisotopic (exact) mass is 681 g/mol. The summed E-state index contributed by atoms with van der Waals surface area (Å²) in [6.07, 6.45) is 31.0. The molecule has 0 spiro atoms. The Morgan fingerprint density at radius 2 is 0.688 bits per heavy atom. The largest absolute Gasteiger partial charge is 0.462 e. The van der Waals surface area contributed by atoms with Gasteiger partial charge in [-0.1, -0.05) is 182 Å². The minimum atomic E-state index is -0.759. The molecular weight excluding hydrogens is 600 g/mol. The van der Waals surface area contributed by atoms with Crippen LogP contribution < -0.4 is 0 Å². The molecule has 0 aliphatic heterocycles. The van der Waals surface area contributed by atoms with Crippen LogP contribution in [-0.4, -0.2) is 37.2 Å². The number of carbonyl (C=O) groups is 3. The van der Waals surface area contributed by atoms with Gasteiger partial charge in [0.1, 0.15) is 13.2 Å². The second kappa shape index (κ2) is 35.2. The molecule has 0 aromatic rings. The van der Waals surface area contributed by atoms with Gasteiger partial charge in [-0.15, -0.1) is 0 Å². The Morgan fingerprint density at radius 3 is 1.02 bits per heavy atom. The zero-order valence-corrected chi connectivity index (χ0v) is 32.6. The molecule has 0 aliphatic carbocycles. The van der Waals surface area contributed by atoms with Crippen LogP contribution in [0.25, 0.3) is 0 Å². The molecule has 0 N–H and O–H groups in total. The molecule has 0 rings (SSSR count). The van der Waals surface area contributed by atoms with E-state index in [0.29, 0.717) is 19.3 Å². The smallest absolute Gasteiger partial charge is 0.306 e. The second-order valence-corrected chi connectivity index (χ2v) is 15.2. The Balaban J connectivity index is 4.35. The minimum absolute atomic E-state index is 0.0666. The van der Waals surface area contributed by atoms with Crippen LogP contribution >= 0.6 is 0 Å². The van der Waals surface area contributed by atoms with Gasteiger partial charge in [-0.25, -0.2) is 0 Å². The Hall–Kier alpha value is -1.59. The first kappa shape index (κ1) is 46.4. The molecule has 0 fully saturated rings. The molecule has 6 nitrogen and oxygen atoms in total. The normalized spacial score (nSPS) is 12.1. The number of carbonyl (C=O) groups excluding carboxylic acids is 3. The highest BCUT2D eigenvalue weighted by Crippen LogP contribution is 2.15. The van der Waals surface area contributed by atoms with E-state index in [1.165, 1.54) is 109 Å². The van der Waals surface area contributed by atoms with Crippen molar-refractivity contribution in [1.29, 1.82) is 0 Å². The lowest BCUT2D eigenvalue weighted by atomic mass is 10.0. The molecule has 0 amide bonds. The molecule has 1 atom stereocenters. The van der Waals surface area contributed by atoms with Crippen molar-refractivity contribution < 1.29 is 28.6 Å². The van der Waals surface area contributed by atoms with Gasteiger partial charge >= 0.3 is 17.9 Å². The summed E-state index contributed by atoms with van der Waals surface area (Å²) in [6, 6.07) is 0. The van der Waals surface area contributed by atoms with Crippen molar-refractivity contribution in [2.45, 2.75) is 227 Å². The van der Waals surface area contributed by atoms with Gasteiger partial charge in [-0.2, -0.15) is 0 Å². The highest BCUT2D eigenvalue weighted by molar-refractivity contribution is 5.71. The first-order chi connectivity index (χ1) is 23.2. The fraction of sp³-hybridized carbons (Fsp3) is 0.929. The zero-order valence-electron chi connectivity index (χ0n) is 32.6. The third-order valence-corrected chi connectivity index (χ3v) is 9.22. The van der Waals surface area contributed by atoms with E-state index in [1.54, 1.807) is 0 Å². The van der Waals surface area contributed by atoms with E-state index in [0.717, 1.165) is 69.6 Å². The lowest BCUT2D eigenvalue weighted by molar-refractivity contribution is -0.167. The first-order valence-corrected chi connectivity index (χ1v) is 20.7. The molecule has 0 saturated heterocycles. The number of rotatable bonds is 36. The number of hydrogen-bond donors (Lipinski definition) is 0. The zero-order chi connectivity index (χ0) is 35.5. The summed E-state index contributed by atoms with van der Waals surface area (Å²) in [5, 5.41) is 0. The second-order valence-electron chi connectivity index (χ2n) is 15.2. The lowest BCUT2D eigenvalue weighted by Gasteiger charge is -2.18. The van der Waals surface area contributed by atoms with Crippen molar-refractivity contribution >= 4 is 17.9 Å². The summed E-state index contributed by atoms with van der Waals surface area (Å²) in [4.78, 5) is 37.5. The molecule has 0 heterocycles. The summed E-state index contributed by atoms with van der Waals surface area (Å²) >= 11 is 0. The maximum atomic E-state index is 12.6. The number of unbranched alkanes of at least 4 members (excludes halogenated alkanes) is 21. The van der Waals surface area contributed by atoms with Crippen molar-refractivity contribution in [3.8, 4) is 0 Å². The van der Waals surface area contributed by atoms with Crippen LogP contribution in [0, 0.1) is 11.8 Å². The summed E-state index contributed by atoms with van der Waals surface area (Å²) < 4.78 is 16.6. The topological polar surface area (TPSA) is 78.9 Å². The summed E-state index contributed by atoms with van der Waals surface area (Å²) in [6.45, 7) is 11.2. The van der Waals surface area contributed by atoms with E-state index in [9.17, 15) is 14.4 Å². The van der Waals surface area contributed by atoms with Crippen molar-refractivity contribution in [3.63, 3.8) is 0 Å². The molecule has 6 heteroatoms. The Kier molecular flexibility index (Phi) is 34.1. The third kappa shape index (κ3) is 35.7. The van der Waals surface area contributed by atoms with Crippen LogP contribution in [-0.2, 0) is 28.6 Å². The Bertz CT molecular complexity index is 734. The molecule has 0 radical (unpaired) electrons. The van der Waals surface area contributed by atoms with Gasteiger partial charge in [0.05, 0.1) is 0 Å². The highest BCUT2D eigenvalue weighted by atomic mass is 16.6. The fourth-order valence-corrected chi connectivity index (χ4v) is 6.05. The van der Waals surface area contributed by atoms with Crippen molar-refractivity contribution in [1.82, 2.24) is 0 Å². The standard InChI is InChI=1S/C42H80O6/c1-6-7-8-9-10-11-17-22-27-32-40(43)46-35-39(48-42(45)34-29-24-19-14-16-21-26-31-38(4)5)36-47-41(44)33-28-23-18-13-12-15-20-25-30-37(2)3/h37-39H,6-36H2,1-5H3/t39-/m0/s1. The van der Waals surface area contributed by atoms with Crippen molar-refractivity contribution in [2.75, 3.05) is 13.2 Å². The molecule has 0 bridgehead atoms. The minimum Gasteiger partial charge on any atom is -0.462 e. The van der Waals surface area contributed by atoms with Gasteiger partial charge in [-0.3, -0.25) is 14.4 Å². The van der Waals surface area contributed by atoms with Gasteiger partial charge in [0.2, 0.25) is 0 Å². The van der Waals surface area contributed by atoms with Crippen LogP contribution in [0.3, 0.4) is 0 Å². The molecule has 0 unspecified atom stereocenters. The number of hydrogen-bond acceptors (Lipinski definition) is 6. The van der Waals surface area contributed by atoms with E-state index in [-0.39, 0.29) is 31.1 Å². The molecule has 0 aromatic heterocycles. The van der Waals surface area contributed by atoms with Gasteiger partial charge in [-0.05, 0) is 31.1 Å². The maximum Gasteiger partial charge on any atom is 0.306 e. The predicted octanol–water partition coefficient (Wildman–Crippen LogP) is 12.6. The van der Waals surface area contributed by atoms with Crippen molar-refractivity contribution in [2.24, 2.45) is 11.8 Å². The van der Waals surface area contributed by atoms with Crippen LogP contribution in [0.5, 0.6) is 0 Å². The van der Waals surface area contributed by atoms with E-state index in [2.05, 4.69) is 34.6 Å². The molecule has 48 heavy (non-hydrogen) atoms. The highest BCUT2D eigenvalue weighted by Gasteiger charge is 2.19. The first-order valence-electron chi connectivity index (χ1n) is 20.7. The molecule has 0 aromatic carbocycles. The molecule has 0 saturated carbocycles. The van der Waals surface area contributed by atoms with E-state index in [4.69, 9.17) is 14.2 Å². The number of ether oxygens (including phenoxy) is 3. The SMILES string of the molecule is CCCCCCCCCCCC(=O)OC[C@@H](COC(=O)CCCCCCCCCCC(C)C)OC(=O)CCCCCCCCCC(C)C. The fourth-order valence-electron chi connectivity index (χ4n) is 6.05. The average Bonchev–Trinajstić information content (AvgIpc) is 3.04. The van der Waals surface area contributed by atoms with Crippen LogP contribution in [0.1, 0.15) is 221 Å². The van der Waals surface area contributed by atoms with Crippen molar-refractivity contribution in [3.05, 3.63) is 0 Å². The van der Waals surface area contributed by atoms with E-state index >= 15 is 0 Å². The quantitative estimate of drug-likeness (QED) is 0.0372. The van der Waals surface area contributed by atoms with E-state index in [1.807, 2.05) is 0 Å². The summed E-state index contributed by atoms with van der Waals surface area (Å²) in [5.41, 5.74) is 0. The molecule has 284 valence electrons. The van der Waals surface area contributed by atoms with Crippen LogP contribution in [0.4, 0.5) is 0 Å². The van der Waals surface area contributed by atoms with Gasteiger partial charge in [0.15, 0.2) is 6.10 Å². The average molecular weight is 681 g/mol. The van der Waals surface area contributed by atoms with Crippen LogP contribution in [0.2, 0.25) is 0 Å². The molecule has 0 aliphatic rings. The van der Waals surface area contributed by atoms with Gasteiger partial charge < -0.3 is 14.2 Å². The van der Waals surface area contributed by atoms with Crippen LogP contribution in [0.15, 0.2) is 0 Å². The number of esters is 3. The summed E-state index contributed by atoms with van der Waals surface area (Å²) in [5.74, 6) is 0.704. The Morgan fingerprint density at radius 1 is 0.396 bits per heavy atom.